The summed E-state index contributed by atoms with van der Waals surface area (Å²) >= 11 is 0. The number of allylic oxidation sites excluding steroid dienone is 2. The molecule has 0 aromatic carbocycles. The maximum atomic E-state index is 14.4. The third-order valence-corrected chi connectivity index (χ3v) is 13.0. The first-order chi connectivity index (χ1) is 16.1. The van der Waals surface area contributed by atoms with Crippen LogP contribution < -0.4 is 0 Å². The van der Waals surface area contributed by atoms with Crippen molar-refractivity contribution < 1.29 is 9.90 Å². The van der Waals surface area contributed by atoms with Gasteiger partial charge < -0.3 is 5.11 Å². The first kappa shape index (κ1) is 24.9. The van der Waals surface area contributed by atoms with E-state index in [9.17, 15) is 15.2 Å². The van der Waals surface area contributed by atoms with Crippen LogP contribution in [0, 0.1) is 79.8 Å². The number of hydrogen-bond donors (Lipinski definition) is 1. The maximum Gasteiger partial charge on any atom is 0.137 e. The van der Waals surface area contributed by atoms with Gasteiger partial charge in [-0.1, -0.05) is 54.4 Å². The standard InChI is InChI=1S/C32H45NO2/c1-9-32-14-12-27(2,3)18-21(32)25-22(34)16-24-29(6)17-20(19-33)26(35)28(4,5)23(29)10-11-30(24,7)31(25,8)13-15-32/h1,21,23-25,35H,10-18H2,2-8H3/t21-,23-,24+,25-,29-,30+,31+,32+/m0/s1. The Bertz CT molecular complexity index is 1080. The lowest BCUT2D eigenvalue weighted by Crippen LogP contribution is -2.68. The van der Waals surface area contributed by atoms with Crippen LogP contribution in [0.15, 0.2) is 11.3 Å². The van der Waals surface area contributed by atoms with Gasteiger partial charge in [-0.2, -0.15) is 5.26 Å². The number of nitrogens with zero attached hydrogens (tertiary/aromatic N) is 1. The van der Waals surface area contributed by atoms with E-state index in [2.05, 4.69) is 60.5 Å². The third kappa shape index (κ3) is 2.94. The highest BCUT2D eigenvalue weighted by molar-refractivity contribution is 5.84. The second-order valence-corrected chi connectivity index (χ2v) is 15.2. The molecule has 35 heavy (non-hydrogen) atoms. The molecule has 5 rings (SSSR count). The molecule has 0 radical (unpaired) electrons. The van der Waals surface area contributed by atoms with E-state index in [4.69, 9.17) is 6.42 Å². The molecule has 0 amide bonds. The van der Waals surface area contributed by atoms with Crippen LogP contribution in [-0.4, -0.2) is 10.9 Å². The molecule has 5 aliphatic carbocycles. The van der Waals surface area contributed by atoms with Gasteiger partial charge in [0, 0.05) is 23.2 Å². The summed E-state index contributed by atoms with van der Waals surface area (Å²) < 4.78 is 0. The second kappa shape index (κ2) is 7.18. The molecule has 0 bridgehead atoms. The number of ketones is 1. The summed E-state index contributed by atoms with van der Waals surface area (Å²) in [6, 6.07) is 2.33. The number of carbonyl (C=O) groups is 1. The van der Waals surface area contributed by atoms with Crippen LogP contribution in [0.25, 0.3) is 0 Å². The van der Waals surface area contributed by atoms with Crippen molar-refractivity contribution in [3.8, 4) is 18.4 Å². The molecule has 190 valence electrons. The first-order valence-electron chi connectivity index (χ1n) is 14.0. The Labute approximate surface area is 213 Å². The molecule has 0 aliphatic heterocycles. The van der Waals surface area contributed by atoms with Gasteiger partial charge in [-0.05, 0) is 90.8 Å². The molecule has 0 aromatic rings. The van der Waals surface area contributed by atoms with E-state index < -0.39 is 5.41 Å². The number of rotatable bonds is 0. The fraction of sp³-hybridized carbons (Fsp3) is 0.812. The SMILES string of the molecule is C#C[C@]12CCC(C)(C)C[C@H]1[C@H]1C(=O)C[C@@H]3[C@@]4(C)CC(C#N)=C(O)C(C)(C)[C@@H]4CC[C@@]3(C)[C@]1(C)CC2. The van der Waals surface area contributed by atoms with Crippen molar-refractivity contribution in [1.82, 2.24) is 0 Å². The highest BCUT2D eigenvalue weighted by Gasteiger charge is 2.72. The number of terminal acetylenes is 1. The Morgan fingerprint density at radius 2 is 1.60 bits per heavy atom. The minimum atomic E-state index is -0.446. The molecule has 0 spiro atoms. The molecule has 5 aliphatic rings. The van der Waals surface area contributed by atoms with E-state index in [1.165, 1.54) is 0 Å². The van der Waals surface area contributed by atoms with Crippen molar-refractivity contribution in [1.29, 1.82) is 5.26 Å². The average molecular weight is 476 g/mol. The van der Waals surface area contributed by atoms with Crippen LogP contribution in [0.1, 0.15) is 106 Å². The first-order valence-corrected chi connectivity index (χ1v) is 14.0. The number of Topliss-reactive ketones (excluding diaryl/α,β-unsaturated/α-hetero) is 1. The van der Waals surface area contributed by atoms with Crippen LogP contribution in [0.4, 0.5) is 0 Å². The van der Waals surface area contributed by atoms with Gasteiger partial charge in [-0.15, -0.1) is 6.42 Å². The largest absolute Gasteiger partial charge is 0.511 e. The van der Waals surface area contributed by atoms with E-state index in [0.29, 0.717) is 24.2 Å². The predicted octanol–water partition coefficient (Wildman–Crippen LogP) is 7.63. The van der Waals surface area contributed by atoms with Gasteiger partial charge in [0.25, 0.3) is 0 Å². The van der Waals surface area contributed by atoms with Crippen molar-refractivity contribution in [3.63, 3.8) is 0 Å². The summed E-state index contributed by atoms with van der Waals surface area (Å²) in [6.07, 6.45) is 14.9. The summed E-state index contributed by atoms with van der Waals surface area (Å²) in [5.74, 6) is 4.76. The highest BCUT2D eigenvalue weighted by Crippen LogP contribution is 2.76. The van der Waals surface area contributed by atoms with E-state index >= 15 is 0 Å². The lowest BCUT2D eigenvalue weighted by molar-refractivity contribution is -0.225. The maximum absolute atomic E-state index is 14.4. The zero-order chi connectivity index (χ0) is 25.8. The van der Waals surface area contributed by atoms with Crippen LogP contribution in [0.2, 0.25) is 0 Å². The molecule has 0 heterocycles. The van der Waals surface area contributed by atoms with Crippen LogP contribution in [0.3, 0.4) is 0 Å². The van der Waals surface area contributed by atoms with E-state index in [1.54, 1.807) is 0 Å². The topological polar surface area (TPSA) is 61.1 Å². The molecule has 0 saturated heterocycles. The van der Waals surface area contributed by atoms with Gasteiger partial charge in [0.15, 0.2) is 0 Å². The average Bonchev–Trinajstić information content (AvgIpc) is 2.77. The van der Waals surface area contributed by atoms with Crippen molar-refractivity contribution >= 4 is 5.78 Å². The van der Waals surface area contributed by atoms with Gasteiger partial charge in [-0.25, -0.2) is 0 Å². The summed E-state index contributed by atoms with van der Waals surface area (Å²) in [4.78, 5) is 14.4. The molecular formula is C32H45NO2. The lowest BCUT2D eigenvalue weighted by Gasteiger charge is -2.72. The van der Waals surface area contributed by atoms with Crippen molar-refractivity contribution in [2.24, 2.45) is 56.2 Å². The van der Waals surface area contributed by atoms with Crippen LogP contribution >= 0.6 is 0 Å². The van der Waals surface area contributed by atoms with Gasteiger partial charge >= 0.3 is 0 Å². The van der Waals surface area contributed by atoms with Crippen LogP contribution in [0.5, 0.6) is 0 Å². The molecule has 0 aromatic heterocycles. The van der Waals surface area contributed by atoms with E-state index in [1.807, 2.05) is 0 Å². The Hall–Kier alpha value is -1.74. The van der Waals surface area contributed by atoms with Gasteiger partial charge in [0.1, 0.15) is 11.5 Å². The summed E-state index contributed by atoms with van der Waals surface area (Å²) in [7, 11) is 0. The lowest BCUT2D eigenvalue weighted by atomic mass is 9.31. The predicted molar refractivity (Wildman–Crippen MR) is 139 cm³/mol. The monoisotopic (exact) mass is 475 g/mol. The molecule has 3 nitrogen and oxygen atoms in total. The Balaban J connectivity index is 1.62. The number of fused-ring (bicyclic) bond motifs is 7. The molecule has 0 unspecified atom stereocenters. The quantitative estimate of drug-likeness (QED) is 0.366. The van der Waals surface area contributed by atoms with E-state index in [-0.39, 0.29) is 56.5 Å². The zero-order valence-electron chi connectivity index (χ0n) is 23.1. The number of aliphatic hydroxyl groups is 1. The second-order valence-electron chi connectivity index (χ2n) is 15.2. The number of hydrogen-bond acceptors (Lipinski definition) is 3. The number of aliphatic hydroxyl groups excluding tert-OH is 1. The Morgan fingerprint density at radius 1 is 0.943 bits per heavy atom. The zero-order valence-corrected chi connectivity index (χ0v) is 23.1. The molecule has 4 saturated carbocycles. The number of carbonyl (C=O) groups excluding carboxylic acids is 1. The molecule has 3 heteroatoms. The molecular weight excluding hydrogens is 430 g/mol. The molecule has 4 fully saturated rings. The van der Waals surface area contributed by atoms with Crippen molar-refractivity contribution in [2.75, 3.05) is 0 Å². The molecule has 8 atom stereocenters. The smallest absolute Gasteiger partial charge is 0.137 e. The normalized spacial score (nSPS) is 50.0. The fourth-order valence-electron chi connectivity index (χ4n) is 10.9. The van der Waals surface area contributed by atoms with Crippen molar-refractivity contribution in [2.45, 2.75) is 106 Å². The highest BCUT2D eigenvalue weighted by atomic mass is 16.3. The van der Waals surface area contributed by atoms with Crippen molar-refractivity contribution in [3.05, 3.63) is 11.3 Å². The fourth-order valence-corrected chi connectivity index (χ4v) is 10.9. The summed E-state index contributed by atoms with van der Waals surface area (Å²) in [5.41, 5.74) is -0.0654. The minimum Gasteiger partial charge on any atom is -0.511 e. The van der Waals surface area contributed by atoms with Gasteiger partial charge in [0.2, 0.25) is 0 Å². The Morgan fingerprint density at radius 3 is 2.23 bits per heavy atom. The third-order valence-electron chi connectivity index (χ3n) is 13.0. The van der Waals surface area contributed by atoms with Gasteiger partial charge in [-0.3, -0.25) is 4.79 Å². The summed E-state index contributed by atoms with van der Waals surface area (Å²) in [5, 5.41) is 20.9. The minimum absolute atomic E-state index is 0.0166. The summed E-state index contributed by atoms with van der Waals surface area (Å²) in [6.45, 7) is 16.2. The molecule has 1 N–H and O–H groups in total. The Kier molecular flexibility index (Phi) is 5.11. The number of nitriles is 1. The van der Waals surface area contributed by atoms with Gasteiger partial charge in [0.05, 0.1) is 11.6 Å². The van der Waals surface area contributed by atoms with E-state index in [0.717, 1.165) is 44.9 Å². The van der Waals surface area contributed by atoms with Crippen LogP contribution in [-0.2, 0) is 4.79 Å².